The van der Waals surface area contributed by atoms with Gasteiger partial charge in [-0.15, -0.1) is 0 Å². The number of pyridine rings is 1. The van der Waals surface area contributed by atoms with Crippen LogP contribution < -0.4 is 15.1 Å². The summed E-state index contributed by atoms with van der Waals surface area (Å²) in [7, 11) is 1.60. The predicted molar refractivity (Wildman–Crippen MR) is 152 cm³/mol. The van der Waals surface area contributed by atoms with Crippen molar-refractivity contribution in [3.8, 4) is 6.07 Å². The number of hydrogen-bond donors (Lipinski definition) is 1. The maximum Gasteiger partial charge on any atom is 0.252 e. The lowest BCUT2D eigenvalue weighted by Gasteiger charge is -2.43. The summed E-state index contributed by atoms with van der Waals surface area (Å²) in [5.74, 6) is -7.28. The highest BCUT2D eigenvalue weighted by Gasteiger charge is 2.48. The molecule has 13 heteroatoms. The number of carbonyl (C=O) groups is 3. The van der Waals surface area contributed by atoms with Crippen LogP contribution in [0.5, 0.6) is 0 Å². The van der Waals surface area contributed by atoms with E-state index in [1.165, 1.54) is 18.3 Å². The van der Waals surface area contributed by atoms with Crippen LogP contribution in [0.3, 0.4) is 0 Å². The van der Waals surface area contributed by atoms with E-state index in [-0.39, 0.29) is 35.7 Å². The molecule has 9 nitrogen and oxygen atoms in total. The maximum atomic E-state index is 14.7. The molecule has 44 heavy (non-hydrogen) atoms. The molecule has 1 saturated heterocycles. The number of likely N-dealkylation sites (N-methyl/N-ethyl adjacent to an activating group) is 1. The molecule has 2 fully saturated rings. The lowest BCUT2D eigenvalue weighted by Crippen LogP contribution is -2.63. The normalized spacial score (nSPS) is 19.1. The lowest BCUT2D eigenvalue weighted by atomic mass is 9.87. The second kappa shape index (κ2) is 12.0. The Kier molecular flexibility index (Phi) is 8.38. The molecule has 2 aromatic carbocycles. The highest BCUT2D eigenvalue weighted by atomic mass is 19.3. The number of piperazine rings is 1. The molecule has 2 aliphatic rings. The van der Waals surface area contributed by atoms with Crippen molar-refractivity contribution in [2.75, 3.05) is 29.9 Å². The third kappa shape index (κ3) is 6.26. The van der Waals surface area contributed by atoms with E-state index in [0.29, 0.717) is 11.6 Å². The van der Waals surface area contributed by atoms with E-state index in [1.54, 1.807) is 43.1 Å². The van der Waals surface area contributed by atoms with Gasteiger partial charge < -0.3 is 5.32 Å². The summed E-state index contributed by atoms with van der Waals surface area (Å²) in [5.41, 5.74) is 0.666. The number of aryl methyl sites for hydroxylation is 1. The molecule has 2 atom stereocenters. The summed E-state index contributed by atoms with van der Waals surface area (Å²) in [5, 5.41) is 12.0. The first-order valence-corrected chi connectivity index (χ1v) is 13.8. The van der Waals surface area contributed by atoms with Crippen molar-refractivity contribution >= 4 is 29.2 Å². The number of nitrogens with zero attached hydrogens (tertiary/aromatic N) is 5. The molecule has 1 aliphatic heterocycles. The molecule has 1 aliphatic carbocycles. The third-order valence-electron chi connectivity index (χ3n) is 7.67. The van der Waals surface area contributed by atoms with E-state index in [0.717, 1.165) is 21.9 Å². The van der Waals surface area contributed by atoms with Crippen molar-refractivity contribution in [1.82, 2.24) is 15.2 Å². The van der Waals surface area contributed by atoms with E-state index >= 15 is 0 Å². The Balaban J connectivity index is 1.66. The number of aromatic nitrogens is 1. The third-order valence-corrected chi connectivity index (χ3v) is 7.67. The molecule has 0 unspecified atom stereocenters. The van der Waals surface area contributed by atoms with Crippen molar-refractivity contribution < 1.29 is 31.9 Å². The SMILES string of the molecule is Cc1ccccc1[C@@H](C(=O)NC1CC(F)(F)C1)N(C(=O)[C@@H]1CN(C)CC(=O)N1c1cc(C#N)ccn1)c1cc(F)cc(F)c1. The van der Waals surface area contributed by atoms with Gasteiger partial charge in [0.15, 0.2) is 0 Å². The number of halogens is 4. The van der Waals surface area contributed by atoms with Gasteiger partial charge in [-0.2, -0.15) is 5.26 Å². The second-order valence-corrected chi connectivity index (χ2v) is 11.1. The van der Waals surface area contributed by atoms with E-state index in [1.807, 2.05) is 6.07 Å². The molecular weight excluding hydrogens is 580 g/mol. The maximum absolute atomic E-state index is 14.7. The Morgan fingerprint density at radius 1 is 1.11 bits per heavy atom. The van der Waals surface area contributed by atoms with Crippen LogP contribution in [0.2, 0.25) is 0 Å². The molecular formula is C31H28F4N6O3. The van der Waals surface area contributed by atoms with Crippen LogP contribution in [0.25, 0.3) is 0 Å². The Bertz CT molecular complexity index is 1630. The van der Waals surface area contributed by atoms with Crippen LogP contribution in [0.15, 0.2) is 60.8 Å². The summed E-state index contributed by atoms with van der Waals surface area (Å²) >= 11 is 0. The Morgan fingerprint density at radius 2 is 1.80 bits per heavy atom. The fraction of sp³-hybridized carbons (Fsp3) is 0.323. The fourth-order valence-corrected chi connectivity index (χ4v) is 5.59. The summed E-state index contributed by atoms with van der Waals surface area (Å²) in [6.45, 7) is 1.51. The number of alkyl halides is 2. The van der Waals surface area contributed by atoms with Crippen LogP contribution >= 0.6 is 0 Å². The highest BCUT2D eigenvalue weighted by molar-refractivity contribution is 6.10. The second-order valence-electron chi connectivity index (χ2n) is 11.1. The zero-order chi connectivity index (χ0) is 31.8. The van der Waals surface area contributed by atoms with Gasteiger partial charge in [0.2, 0.25) is 11.8 Å². The minimum absolute atomic E-state index is 0.000495. The van der Waals surface area contributed by atoms with Crippen LogP contribution in [0.1, 0.15) is 35.6 Å². The van der Waals surface area contributed by atoms with Gasteiger partial charge in [0.05, 0.1) is 23.9 Å². The average molecular weight is 609 g/mol. The van der Waals surface area contributed by atoms with Gasteiger partial charge in [-0.1, -0.05) is 24.3 Å². The number of amides is 3. The smallest absolute Gasteiger partial charge is 0.252 e. The zero-order valence-electron chi connectivity index (χ0n) is 23.8. The first-order valence-electron chi connectivity index (χ1n) is 13.8. The van der Waals surface area contributed by atoms with E-state index in [2.05, 4.69) is 10.3 Å². The van der Waals surface area contributed by atoms with Crippen LogP contribution in [-0.2, 0) is 14.4 Å². The summed E-state index contributed by atoms with van der Waals surface area (Å²) in [6, 6.07) is 9.78. The quantitative estimate of drug-likeness (QED) is 0.408. The summed E-state index contributed by atoms with van der Waals surface area (Å²) in [4.78, 5) is 49.8. The Morgan fingerprint density at radius 3 is 2.43 bits per heavy atom. The fourth-order valence-electron chi connectivity index (χ4n) is 5.59. The van der Waals surface area contributed by atoms with Gasteiger partial charge in [0, 0.05) is 37.7 Å². The van der Waals surface area contributed by atoms with Crippen LogP contribution in [0.4, 0.5) is 29.1 Å². The molecule has 0 spiro atoms. The van der Waals surface area contributed by atoms with Gasteiger partial charge in [-0.25, -0.2) is 22.5 Å². The standard InChI is InChI=1S/C31H28F4N6O3/c1-18-5-3-4-6-24(18)28(29(43)38-22-13-31(34,35)14-22)40(23-11-20(32)10-21(33)12-23)30(44)25-16-39(2)17-27(42)41(25)26-9-19(15-36)7-8-37-26/h3-12,22,25,28H,13-14,16-17H2,1-2H3,(H,38,43)/t25-,28-/m0/s1. The van der Waals surface area contributed by atoms with Crippen molar-refractivity contribution in [3.05, 3.63) is 89.1 Å². The van der Waals surface area contributed by atoms with Gasteiger partial charge in [0.1, 0.15) is 29.5 Å². The van der Waals surface area contributed by atoms with Crippen molar-refractivity contribution in [2.45, 2.75) is 43.8 Å². The number of anilines is 2. The number of hydrogen-bond acceptors (Lipinski definition) is 6. The number of nitriles is 1. The molecule has 3 aromatic rings. The van der Waals surface area contributed by atoms with Gasteiger partial charge >= 0.3 is 0 Å². The zero-order valence-corrected chi connectivity index (χ0v) is 23.8. The largest absolute Gasteiger partial charge is 0.351 e. The van der Waals surface area contributed by atoms with Gasteiger partial charge in [-0.05, 0) is 49.4 Å². The number of rotatable bonds is 7. The molecule has 1 aromatic heterocycles. The minimum Gasteiger partial charge on any atom is -0.351 e. The molecule has 1 N–H and O–H groups in total. The summed E-state index contributed by atoms with van der Waals surface area (Å²) < 4.78 is 56.7. The number of benzene rings is 2. The molecule has 1 saturated carbocycles. The topological polar surface area (TPSA) is 110 Å². The highest BCUT2D eigenvalue weighted by Crippen LogP contribution is 2.39. The monoisotopic (exact) mass is 608 g/mol. The Labute approximate surface area is 250 Å². The summed E-state index contributed by atoms with van der Waals surface area (Å²) in [6.07, 6.45) is 0.107. The molecule has 228 valence electrons. The van der Waals surface area contributed by atoms with Gasteiger partial charge in [0.25, 0.3) is 11.8 Å². The van der Waals surface area contributed by atoms with E-state index in [4.69, 9.17) is 0 Å². The molecule has 0 bridgehead atoms. The number of carbonyl (C=O) groups excluding carboxylic acids is 3. The first kappa shape index (κ1) is 30.6. The number of nitrogens with one attached hydrogen (secondary N) is 1. The van der Waals surface area contributed by atoms with Crippen LogP contribution in [0, 0.1) is 29.9 Å². The minimum atomic E-state index is -2.95. The molecule has 0 radical (unpaired) electrons. The molecule has 2 heterocycles. The van der Waals surface area contributed by atoms with Crippen molar-refractivity contribution in [1.29, 1.82) is 5.26 Å². The first-order chi connectivity index (χ1) is 20.9. The lowest BCUT2D eigenvalue weighted by molar-refractivity contribution is -0.133. The molecule has 5 rings (SSSR count). The predicted octanol–water partition coefficient (Wildman–Crippen LogP) is 3.88. The van der Waals surface area contributed by atoms with Gasteiger partial charge in [-0.3, -0.25) is 29.1 Å². The van der Waals surface area contributed by atoms with E-state index in [9.17, 15) is 37.2 Å². The van der Waals surface area contributed by atoms with E-state index < -0.39 is 66.2 Å². The van der Waals surface area contributed by atoms with Crippen LogP contribution in [-0.4, -0.2) is 65.7 Å². The Hall–Kier alpha value is -4.83. The average Bonchev–Trinajstić information content (AvgIpc) is 2.94. The molecule has 3 amide bonds. The van der Waals surface area contributed by atoms with Crippen molar-refractivity contribution in [2.24, 2.45) is 0 Å². The van der Waals surface area contributed by atoms with Crippen molar-refractivity contribution in [3.63, 3.8) is 0 Å².